The highest BCUT2D eigenvalue weighted by atomic mass is 32.2. The monoisotopic (exact) mass is 704 g/mol. The van der Waals surface area contributed by atoms with E-state index in [2.05, 4.69) is 92.0 Å². The van der Waals surface area contributed by atoms with Crippen molar-refractivity contribution in [3.05, 3.63) is 151 Å². The van der Waals surface area contributed by atoms with E-state index in [1.54, 1.807) is 0 Å². The van der Waals surface area contributed by atoms with Gasteiger partial charge in [-0.2, -0.15) is 0 Å². The van der Waals surface area contributed by atoms with Crippen molar-refractivity contribution in [3.8, 4) is 0 Å². The minimum absolute atomic E-state index is 0.0241. The number of thioether (sulfide) groups is 1. The second-order valence-corrected chi connectivity index (χ2v) is 15.2. The van der Waals surface area contributed by atoms with E-state index in [9.17, 15) is 4.79 Å². The van der Waals surface area contributed by atoms with Crippen molar-refractivity contribution >= 4 is 93.3 Å². The molecule has 3 atom stereocenters. The molecule has 1 aliphatic carbocycles. The summed E-state index contributed by atoms with van der Waals surface area (Å²) < 4.78 is 0. The van der Waals surface area contributed by atoms with Gasteiger partial charge in [0, 0.05) is 61.0 Å². The van der Waals surface area contributed by atoms with E-state index in [4.69, 9.17) is 15.0 Å². The number of H-pyrrole nitrogens is 4. The zero-order valence-corrected chi connectivity index (χ0v) is 28.8. The average Bonchev–Trinajstić information content (AvgIpc) is 3.98. The largest absolute Gasteiger partial charge is 0.375 e. The number of fused-ring (bicyclic) bond motifs is 16. The van der Waals surface area contributed by atoms with Crippen molar-refractivity contribution in [3.63, 3.8) is 0 Å². The molecular formula is C43H28N8OS. The van der Waals surface area contributed by atoms with E-state index in [1.807, 2.05) is 54.7 Å². The second-order valence-electron chi connectivity index (χ2n) is 14.1. The number of nitrogens with zero attached hydrogens (tertiary/aromatic N) is 3. The molecule has 252 valence electrons. The number of hydrogen-bond acceptors (Lipinski definition) is 6. The van der Waals surface area contributed by atoms with E-state index in [0.29, 0.717) is 0 Å². The molecule has 0 fully saturated rings. The molecule has 9 nitrogen and oxygen atoms in total. The average molecular weight is 705 g/mol. The fourth-order valence-electron chi connectivity index (χ4n) is 8.44. The molecule has 0 saturated heterocycles. The van der Waals surface area contributed by atoms with Crippen molar-refractivity contribution in [2.75, 3.05) is 0 Å². The SMILES string of the molecule is O=C1SC2c3c4[nH]c(c3C1c1c2c2cc3nc(cc5ccc(cc6nc(cc1[nH]2)C=C6)[nH]5)C=C3)/C=C1/C=CC(/C=c2/cc/c([nH]2)=C/C2=NC(=C\4)/C=C2)N1. The predicted molar refractivity (Wildman–Crippen MR) is 213 cm³/mol. The minimum atomic E-state index is -0.495. The van der Waals surface area contributed by atoms with Gasteiger partial charge < -0.3 is 25.3 Å². The number of aromatic nitrogens is 6. The number of rotatable bonds is 0. The number of carbonyl (C=O) groups excluding carboxylic acids is 1. The van der Waals surface area contributed by atoms with Gasteiger partial charge in [0.1, 0.15) is 0 Å². The first kappa shape index (κ1) is 29.0. The van der Waals surface area contributed by atoms with Gasteiger partial charge in [-0.05, 0) is 126 Å². The highest BCUT2D eigenvalue weighted by Gasteiger charge is 2.49. The molecule has 7 aliphatic heterocycles. The van der Waals surface area contributed by atoms with Gasteiger partial charge in [0.25, 0.3) is 0 Å². The van der Waals surface area contributed by atoms with E-state index in [1.165, 1.54) is 11.8 Å². The van der Waals surface area contributed by atoms with E-state index < -0.39 is 5.92 Å². The van der Waals surface area contributed by atoms with E-state index in [0.717, 1.165) is 106 Å². The molecule has 0 radical (unpaired) electrons. The number of allylic oxidation sites excluding steroid dienone is 3. The molecule has 5 N–H and O–H groups in total. The number of aromatic amines is 4. The summed E-state index contributed by atoms with van der Waals surface area (Å²) in [4.78, 5) is 43.7. The predicted octanol–water partition coefficient (Wildman–Crippen LogP) is 6.62. The van der Waals surface area contributed by atoms with Crippen LogP contribution in [-0.2, 0) is 4.79 Å². The Morgan fingerprint density at radius 1 is 0.604 bits per heavy atom. The quantitative estimate of drug-likeness (QED) is 0.121. The molecule has 53 heavy (non-hydrogen) atoms. The van der Waals surface area contributed by atoms with Crippen LogP contribution in [-0.4, -0.2) is 46.8 Å². The summed E-state index contributed by atoms with van der Waals surface area (Å²) in [6.45, 7) is 0. The molecular weight excluding hydrogens is 677 g/mol. The van der Waals surface area contributed by atoms with Crippen LogP contribution in [0.15, 0.2) is 89.2 Å². The fraction of sp³-hybridized carbons (Fsp3) is 0.0698. The topological polar surface area (TPSA) is 130 Å². The zero-order chi connectivity index (χ0) is 34.8. The lowest BCUT2D eigenvalue weighted by Gasteiger charge is -2.36. The zero-order valence-electron chi connectivity index (χ0n) is 27.9. The molecule has 0 aromatic carbocycles. The van der Waals surface area contributed by atoms with Crippen LogP contribution >= 0.6 is 11.8 Å². The van der Waals surface area contributed by atoms with Crippen LogP contribution in [0.4, 0.5) is 0 Å². The van der Waals surface area contributed by atoms with Crippen LogP contribution in [0.25, 0.3) is 70.7 Å². The summed E-state index contributed by atoms with van der Waals surface area (Å²) >= 11 is 1.41. The highest BCUT2D eigenvalue weighted by Crippen LogP contribution is 2.60. The van der Waals surface area contributed by atoms with E-state index >= 15 is 0 Å². The molecule has 0 spiro atoms. The van der Waals surface area contributed by atoms with Gasteiger partial charge in [-0.3, -0.25) is 4.79 Å². The first-order valence-corrected chi connectivity index (χ1v) is 18.5. The summed E-state index contributed by atoms with van der Waals surface area (Å²) in [5, 5.41) is 5.56. The van der Waals surface area contributed by atoms with Crippen molar-refractivity contribution in [2.24, 2.45) is 4.99 Å². The summed E-state index contributed by atoms with van der Waals surface area (Å²) in [6, 6.07) is 16.6. The van der Waals surface area contributed by atoms with Gasteiger partial charge in [-0.1, -0.05) is 17.8 Å². The Hall–Kier alpha value is -6.65. The number of aliphatic imine (C=N–C) groups is 1. The van der Waals surface area contributed by atoms with E-state index in [-0.39, 0.29) is 16.4 Å². The van der Waals surface area contributed by atoms with Crippen molar-refractivity contribution in [2.45, 2.75) is 17.2 Å². The molecule has 10 heteroatoms. The number of carbonyl (C=O) groups is 1. The standard InChI is InChI=1S/C43H28N8OS/c52-43-41-37-33-17-29-9-5-25(46-29)13-21-1-3-23(44-21)15-27-7-11-31(48-27)19-35(50-33)39(37)42(53-43)40-36-20-32-12-8-28(49-32)16-24-4-2-22(45-24)14-26-6-10-30(47-26)18-34(51-36)38(40)41/h1-20,25,41-42,44-46,50-51H/b21-13-,22-14?,23-15-,24-16?,26-14?,28-16?,29-17-,30-18?,31-19-,32-20?,34-18?,36-20?. The molecule has 0 saturated carbocycles. The maximum Gasteiger partial charge on any atom is 0.201 e. The first-order valence-electron chi connectivity index (χ1n) is 17.6. The second kappa shape index (κ2) is 10.7. The van der Waals surface area contributed by atoms with Gasteiger partial charge in [0.05, 0.1) is 51.4 Å². The molecule has 3 unspecified atom stereocenters. The van der Waals surface area contributed by atoms with Crippen LogP contribution in [0, 0.1) is 0 Å². The lowest BCUT2D eigenvalue weighted by Crippen LogP contribution is -2.27. The Balaban J connectivity index is 1.12. The number of hydrogen-bond donors (Lipinski definition) is 5. The third-order valence-corrected chi connectivity index (χ3v) is 11.8. The smallest absolute Gasteiger partial charge is 0.201 e. The maximum absolute atomic E-state index is 14.3. The lowest BCUT2D eigenvalue weighted by atomic mass is 9.78. The molecule has 13 rings (SSSR count). The summed E-state index contributed by atoms with van der Waals surface area (Å²) in [5.74, 6) is -0.495. The minimum Gasteiger partial charge on any atom is -0.375 e. The Bertz CT molecular complexity index is 3060. The fourth-order valence-corrected chi connectivity index (χ4v) is 9.78. The van der Waals surface area contributed by atoms with Crippen LogP contribution < -0.4 is 16.0 Å². The molecule has 18 bridgehead atoms. The molecule has 8 aliphatic rings. The van der Waals surface area contributed by atoms with Crippen LogP contribution in [0.5, 0.6) is 0 Å². The summed E-state index contributed by atoms with van der Waals surface area (Å²) in [7, 11) is 0. The molecule has 5 aromatic heterocycles. The Kier molecular flexibility index (Phi) is 5.85. The summed E-state index contributed by atoms with van der Waals surface area (Å²) in [6.07, 6.45) is 25.0. The normalized spacial score (nSPS) is 24.3. The molecule has 12 heterocycles. The van der Waals surface area contributed by atoms with Gasteiger partial charge in [-0.25, -0.2) is 15.0 Å². The van der Waals surface area contributed by atoms with Crippen molar-refractivity contribution in [1.82, 2.24) is 35.2 Å². The first-order chi connectivity index (χ1) is 26.0. The third-order valence-electron chi connectivity index (χ3n) is 10.6. The van der Waals surface area contributed by atoms with Gasteiger partial charge in [-0.15, -0.1) is 0 Å². The highest BCUT2D eigenvalue weighted by molar-refractivity contribution is 8.14. The number of nitrogens with one attached hydrogen (secondary N) is 5. The lowest BCUT2D eigenvalue weighted by molar-refractivity contribution is -0.111. The molecule has 0 amide bonds. The summed E-state index contributed by atoms with van der Waals surface area (Å²) in [5.41, 5.74) is 16.0. The van der Waals surface area contributed by atoms with Crippen LogP contribution in [0.1, 0.15) is 67.6 Å². The van der Waals surface area contributed by atoms with Gasteiger partial charge in [0.15, 0.2) is 0 Å². The van der Waals surface area contributed by atoms with Crippen molar-refractivity contribution < 1.29 is 4.79 Å². The van der Waals surface area contributed by atoms with Gasteiger partial charge >= 0.3 is 0 Å². The Morgan fingerprint density at radius 3 is 2.11 bits per heavy atom. The maximum atomic E-state index is 14.3. The Labute approximate surface area is 305 Å². The Morgan fingerprint density at radius 2 is 1.32 bits per heavy atom. The molecule has 5 aromatic rings. The third kappa shape index (κ3) is 4.65. The van der Waals surface area contributed by atoms with Crippen LogP contribution in [0.3, 0.4) is 0 Å². The van der Waals surface area contributed by atoms with Crippen molar-refractivity contribution in [1.29, 1.82) is 0 Å². The van der Waals surface area contributed by atoms with Crippen LogP contribution in [0.2, 0.25) is 0 Å². The van der Waals surface area contributed by atoms with Gasteiger partial charge in [0.2, 0.25) is 5.12 Å².